The number of rotatable bonds is 0. The summed E-state index contributed by atoms with van der Waals surface area (Å²) in [7, 11) is 0. The third-order valence-electron chi connectivity index (χ3n) is 2.40. The van der Waals surface area contributed by atoms with E-state index in [1.165, 1.54) is 29.8 Å². The lowest BCUT2D eigenvalue weighted by atomic mass is 10.1. The molecule has 0 spiro atoms. The summed E-state index contributed by atoms with van der Waals surface area (Å²) in [6.45, 7) is 2.89. The van der Waals surface area contributed by atoms with Crippen LogP contribution in [0.5, 0.6) is 0 Å². The minimum absolute atomic E-state index is 0.762. The zero-order chi connectivity index (χ0) is 8.39. The van der Waals surface area contributed by atoms with Crippen molar-refractivity contribution in [2.24, 2.45) is 4.99 Å². The number of nitrogens with one attached hydrogen (secondary N) is 1. The molecule has 0 saturated carbocycles. The molecule has 0 amide bonds. The second-order valence-corrected chi connectivity index (χ2v) is 3.27. The van der Waals surface area contributed by atoms with Gasteiger partial charge in [-0.15, -0.1) is 0 Å². The van der Waals surface area contributed by atoms with Crippen molar-refractivity contribution < 1.29 is 0 Å². The van der Waals surface area contributed by atoms with Crippen LogP contribution in [0.25, 0.3) is 0 Å². The van der Waals surface area contributed by atoms with Crippen LogP contribution in [-0.2, 0) is 0 Å². The molecule has 2 rings (SSSR count). The van der Waals surface area contributed by atoms with Crippen LogP contribution < -0.4 is 5.32 Å². The fourth-order valence-corrected chi connectivity index (χ4v) is 1.67. The molecular formula is C10H14N2. The van der Waals surface area contributed by atoms with E-state index in [1.54, 1.807) is 0 Å². The van der Waals surface area contributed by atoms with E-state index in [0.29, 0.717) is 0 Å². The Morgan fingerprint density at radius 1 is 1.50 bits per heavy atom. The summed E-state index contributed by atoms with van der Waals surface area (Å²) in [6, 6.07) is 0. The number of aliphatic imine (C=N–C) groups is 1. The number of hydrogen-bond acceptors (Lipinski definition) is 2. The van der Waals surface area contributed by atoms with Crippen LogP contribution in [0.4, 0.5) is 0 Å². The highest BCUT2D eigenvalue weighted by Gasteiger charge is 2.13. The van der Waals surface area contributed by atoms with Gasteiger partial charge in [-0.25, -0.2) is 0 Å². The molecule has 0 unspecified atom stereocenters. The second-order valence-electron chi connectivity index (χ2n) is 3.27. The molecule has 0 radical (unpaired) electrons. The van der Waals surface area contributed by atoms with Crippen molar-refractivity contribution in [3.8, 4) is 0 Å². The van der Waals surface area contributed by atoms with Crippen LogP contribution in [0.1, 0.15) is 26.2 Å². The monoisotopic (exact) mass is 162 g/mol. The van der Waals surface area contributed by atoms with E-state index in [1.807, 2.05) is 0 Å². The van der Waals surface area contributed by atoms with Crippen LogP contribution in [0.2, 0.25) is 0 Å². The Balaban J connectivity index is 2.37. The molecule has 0 aromatic heterocycles. The van der Waals surface area contributed by atoms with Gasteiger partial charge < -0.3 is 5.32 Å². The van der Waals surface area contributed by atoms with Crippen molar-refractivity contribution in [3.05, 3.63) is 23.4 Å². The maximum Gasteiger partial charge on any atom is 0.107 e. The third kappa shape index (κ3) is 1.29. The van der Waals surface area contributed by atoms with Gasteiger partial charge in [-0.3, -0.25) is 4.99 Å². The molecule has 64 valence electrons. The summed E-state index contributed by atoms with van der Waals surface area (Å²) < 4.78 is 0. The highest BCUT2D eigenvalue weighted by molar-refractivity contribution is 6.03. The lowest BCUT2D eigenvalue weighted by Gasteiger charge is -2.16. The molecule has 2 nitrogen and oxygen atoms in total. The molecular weight excluding hydrogens is 148 g/mol. The van der Waals surface area contributed by atoms with E-state index >= 15 is 0 Å². The average Bonchev–Trinajstić information content (AvgIpc) is 2.30. The molecule has 0 bridgehead atoms. The molecule has 1 aliphatic carbocycles. The quantitative estimate of drug-likeness (QED) is 0.579. The second kappa shape index (κ2) is 3.13. The molecule has 1 heterocycles. The first-order chi connectivity index (χ1) is 5.88. The largest absolute Gasteiger partial charge is 0.369 e. The Bertz CT molecular complexity index is 272. The van der Waals surface area contributed by atoms with Crippen LogP contribution >= 0.6 is 0 Å². The molecule has 0 aromatic carbocycles. The predicted octanol–water partition coefficient (Wildman–Crippen LogP) is 2.00. The van der Waals surface area contributed by atoms with Gasteiger partial charge >= 0.3 is 0 Å². The lowest BCUT2D eigenvalue weighted by molar-refractivity contribution is 0.795. The summed E-state index contributed by atoms with van der Waals surface area (Å²) in [5.74, 6) is 0. The Labute approximate surface area is 73.1 Å². The summed E-state index contributed by atoms with van der Waals surface area (Å²) in [5.41, 5.74) is 3.89. The number of fused-ring (bicyclic) bond motifs is 1. The molecule has 0 saturated heterocycles. The Hall–Kier alpha value is -1.05. The highest BCUT2D eigenvalue weighted by atomic mass is 15.0. The standard InChI is InChI=1S/C10H14N2/c1-8-9-5-3-2-4-6-10(9)12-7-11-8/h3,5,11H,2,4,6-7H2,1H3. The maximum absolute atomic E-state index is 4.46. The first-order valence-electron chi connectivity index (χ1n) is 4.53. The fourth-order valence-electron chi connectivity index (χ4n) is 1.67. The Kier molecular flexibility index (Phi) is 1.98. The molecule has 0 fully saturated rings. The van der Waals surface area contributed by atoms with E-state index in [0.717, 1.165) is 13.1 Å². The SMILES string of the molecule is CC1=C2C=CCCCC2=NCN1. The molecule has 1 aliphatic heterocycles. The van der Waals surface area contributed by atoms with Gasteiger partial charge in [-0.1, -0.05) is 12.2 Å². The van der Waals surface area contributed by atoms with Gasteiger partial charge in [-0.2, -0.15) is 0 Å². The van der Waals surface area contributed by atoms with Crippen molar-refractivity contribution in [2.75, 3.05) is 6.67 Å². The van der Waals surface area contributed by atoms with Gasteiger partial charge in [0.15, 0.2) is 0 Å². The van der Waals surface area contributed by atoms with E-state index in [2.05, 4.69) is 29.4 Å². The van der Waals surface area contributed by atoms with Gasteiger partial charge in [-0.05, 0) is 26.2 Å². The van der Waals surface area contributed by atoms with Gasteiger partial charge in [0, 0.05) is 17.0 Å². The van der Waals surface area contributed by atoms with E-state index in [4.69, 9.17) is 0 Å². The molecule has 2 heteroatoms. The van der Waals surface area contributed by atoms with Crippen LogP contribution in [0.3, 0.4) is 0 Å². The van der Waals surface area contributed by atoms with Gasteiger partial charge in [0.05, 0.1) is 0 Å². The van der Waals surface area contributed by atoms with Gasteiger partial charge in [0.2, 0.25) is 0 Å². The normalized spacial score (nSPS) is 22.6. The molecule has 1 N–H and O–H groups in total. The van der Waals surface area contributed by atoms with Crippen molar-refractivity contribution >= 4 is 5.71 Å². The fraction of sp³-hybridized carbons (Fsp3) is 0.500. The molecule has 12 heavy (non-hydrogen) atoms. The summed E-state index contributed by atoms with van der Waals surface area (Å²) in [4.78, 5) is 4.46. The minimum Gasteiger partial charge on any atom is -0.369 e. The summed E-state index contributed by atoms with van der Waals surface area (Å²) in [6.07, 6.45) is 8.02. The zero-order valence-electron chi connectivity index (χ0n) is 7.43. The smallest absolute Gasteiger partial charge is 0.107 e. The molecule has 0 aromatic rings. The molecule has 2 aliphatic rings. The van der Waals surface area contributed by atoms with Crippen LogP contribution in [0.15, 0.2) is 28.4 Å². The van der Waals surface area contributed by atoms with Crippen molar-refractivity contribution in [2.45, 2.75) is 26.2 Å². The van der Waals surface area contributed by atoms with Gasteiger partial charge in [0.1, 0.15) is 6.67 Å². The maximum atomic E-state index is 4.46. The minimum atomic E-state index is 0.762. The topological polar surface area (TPSA) is 24.4 Å². The van der Waals surface area contributed by atoms with E-state index < -0.39 is 0 Å². The zero-order valence-corrected chi connectivity index (χ0v) is 7.43. The van der Waals surface area contributed by atoms with Crippen molar-refractivity contribution in [1.82, 2.24) is 5.32 Å². The van der Waals surface area contributed by atoms with Crippen molar-refractivity contribution in [3.63, 3.8) is 0 Å². The van der Waals surface area contributed by atoms with Crippen molar-refractivity contribution in [1.29, 1.82) is 0 Å². The van der Waals surface area contributed by atoms with Crippen LogP contribution in [-0.4, -0.2) is 12.4 Å². The van der Waals surface area contributed by atoms with E-state index in [9.17, 15) is 0 Å². The Morgan fingerprint density at radius 2 is 2.42 bits per heavy atom. The Morgan fingerprint density at radius 3 is 3.33 bits per heavy atom. The summed E-state index contributed by atoms with van der Waals surface area (Å²) >= 11 is 0. The molecule has 0 atom stereocenters. The number of nitrogens with zero attached hydrogens (tertiary/aromatic N) is 1. The first kappa shape index (κ1) is 7.59. The number of allylic oxidation sites excluding steroid dienone is 4. The summed E-state index contributed by atoms with van der Waals surface area (Å²) in [5, 5.41) is 3.25. The average molecular weight is 162 g/mol. The number of hydrogen-bond donors (Lipinski definition) is 1. The van der Waals surface area contributed by atoms with Gasteiger partial charge in [0.25, 0.3) is 0 Å². The lowest BCUT2D eigenvalue weighted by Crippen LogP contribution is -2.22. The van der Waals surface area contributed by atoms with Crippen LogP contribution in [0, 0.1) is 0 Å². The highest BCUT2D eigenvalue weighted by Crippen LogP contribution is 2.18. The third-order valence-corrected chi connectivity index (χ3v) is 2.40. The predicted molar refractivity (Wildman–Crippen MR) is 51.1 cm³/mol. The first-order valence-corrected chi connectivity index (χ1v) is 4.53. The van der Waals surface area contributed by atoms with E-state index in [-0.39, 0.29) is 0 Å².